The number of likely N-dealkylation sites (N-methyl/N-ethyl adjacent to an activating group) is 1. The van der Waals surface area contributed by atoms with Crippen molar-refractivity contribution >= 4 is 52.5 Å². The summed E-state index contributed by atoms with van der Waals surface area (Å²) in [6.07, 6.45) is 6.93. The molecule has 0 bridgehead atoms. The van der Waals surface area contributed by atoms with Crippen LogP contribution in [0, 0.1) is 23.2 Å². The lowest BCUT2D eigenvalue weighted by atomic mass is 9.85. The number of rotatable bonds is 12. The molecule has 3 N–H and O–H groups in total. The Morgan fingerprint density at radius 1 is 1.06 bits per heavy atom. The van der Waals surface area contributed by atoms with Crippen LogP contribution in [0.4, 0.5) is 0 Å². The topological polar surface area (TPSA) is 189 Å². The molecule has 0 radical (unpaired) electrons. The summed E-state index contributed by atoms with van der Waals surface area (Å²) in [7, 11) is 1.35. The minimum Gasteiger partial charge on any atom is -0.387 e. The second kappa shape index (κ2) is 14.1. The Labute approximate surface area is 300 Å². The van der Waals surface area contributed by atoms with Crippen LogP contribution in [0.2, 0.25) is 5.02 Å². The predicted molar refractivity (Wildman–Crippen MR) is 184 cm³/mol. The van der Waals surface area contributed by atoms with Crippen molar-refractivity contribution in [2.24, 2.45) is 28.3 Å². The van der Waals surface area contributed by atoms with Gasteiger partial charge in [0.05, 0.1) is 24.5 Å². The van der Waals surface area contributed by atoms with Gasteiger partial charge in [0.15, 0.2) is 11.4 Å². The van der Waals surface area contributed by atoms with E-state index < -0.39 is 70.4 Å². The van der Waals surface area contributed by atoms with Gasteiger partial charge in [-0.2, -0.15) is 0 Å². The maximum atomic E-state index is 14.6. The Balaban J connectivity index is 1.24. The highest BCUT2D eigenvalue weighted by Crippen LogP contribution is 2.43. The molecule has 4 amide bonds. The number of aromatic nitrogens is 2. The van der Waals surface area contributed by atoms with Gasteiger partial charge in [-0.25, -0.2) is 4.98 Å². The molecule has 14 nitrogen and oxygen atoms in total. The fourth-order valence-corrected chi connectivity index (χ4v) is 7.06. The van der Waals surface area contributed by atoms with Gasteiger partial charge in [-0.3, -0.25) is 33.8 Å². The molecule has 2 aromatic rings. The number of hydrogen-bond acceptors (Lipinski definition) is 10. The normalized spacial score (nSPS) is 24.9. The van der Waals surface area contributed by atoms with Gasteiger partial charge in [0.25, 0.3) is 5.91 Å². The van der Waals surface area contributed by atoms with Crippen LogP contribution in [0.25, 0.3) is 0 Å². The summed E-state index contributed by atoms with van der Waals surface area (Å²) in [6.45, 7) is 5.36. The molecule has 51 heavy (non-hydrogen) atoms. The summed E-state index contributed by atoms with van der Waals surface area (Å²) < 4.78 is 0. The molecule has 2 aliphatic carbocycles. The minimum atomic E-state index is -1.11. The minimum absolute atomic E-state index is 0.0339. The Morgan fingerprint density at radius 3 is 2.47 bits per heavy atom. The SMILES string of the molecule is CNC(=O)C(=O)[C@H](CC1CC1)NC(=O)[C@@H]1C[C@]2(CC(c3cccc(Cl)c3)=NO2)CN1C(=O)[C@@H](NC(=O)[C@@H]1C[C@H]1C(=O)c1cnccn1)C(C)(C)C. The third kappa shape index (κ3) is 7.95. The Bertz CT molecular complexity index is 1780. The smallest absolute Gasteiger partial charge is 0.289 e. The van der Waals surface area contributed by atoms with Crippen molar-refractivity contribution in [2.45, 2.75) is 83.0 Å². The number of ketones is 2. The van der Waals surface area contributed by atoms with Crippen LogP contribution in [0.3, 0.4) is 0 Å². The molecule has 6 rings (SSSR count). The molecule has 6 atom stereocenters. The first-order valence-electron chi connectivity index (χ1n) is 17.2. The van der Waals surface area contributed by atoms with E-state index in [2.05, 4.69) is 31.1 Å². The first-order valence-corrected chi connectivity index (χ1v) is 17.6. The van der Waals surface area contributed by atoms with E-state index in [1.807, 2.05) is 6.07 Å². The number of likely N-dealkylation sites (tertiary alicyclic amines) is 1. The quantitative estimate of drug-likeness (QED) is 0.218. The van der Waals surface area contributed by atoms with Crippen LogP contribution in [0.1, 0.15) is 75.3 Å². The van der Waals surface area contributed by atoms with Crippen LogP contribution >= 0.6 is 11.6 Å². The third-order valence-electron chi connectivity index (χ3n) is 10.0. The number of nitrogens with one attached hydrogen (secondary N) is 3. The molecule has 0 unspecified atom stereocenters. The van der Waals surface area contributed by atoms with Gasteiger partial charge in [0.1, 0.15) is 17.8 Å². The molecule has 2 aliphatic heterocycles. The highest BCUT2D eigenvalue weighted by atomic mass is 35.5. The van der Waals surface area contributed by atoms with Gasteiger partial charge >= 0.3 is 0 Å². The Kier molecular flexibility index (Phi) is 9.99. The highest BCUT2D eigenvalue weighted by Gasteiger charge is 2.56. The van der Waals surface area contributed by atoms with Crippen molar-refractivity contribution in [3.63, 3.8) is 0 Å². The van der Waals surface area contributed by atoms with Gasteiger partial charge in [0.2, 0.25) is 23.5 Å². The highest BCUT2D eigenvalue weighted by molar-refractivity contribution is 6.38. The third-order valence-corrected chi connectivity index (χ3v) is 10.2. The number of amides is 4. The largest absolute Gasteiger partial charge is 0.387 e. The lowest BCUT2D eigenvalue weighted by Crippen LogP contribution is -2.59. The molecule has 270 valence electrons. The van der Waals surface area contributed by atoms with E-state index in [1.54, 1.807) is 39.0 Å². The fourth-order valence-electron chi connectivity index (χ4n) is 6.87. The maximum Gasteiger partial charge on any atom is 0.289 e. The average Bonchev–Trinajstić information content (AvgIpc) is 4.03. The van der Waals surface area contributed by atoms with Gasteiger partial charge in [-0.1, -0.05) is 62.5 Å². The number of nitrogens with zero attached hydrogens (tertiary/aromatic N) is 4. The zero-order chi connectivity index (χ0) is 36.7. The molecule has 1 aromatic carbocycles. The first kappa shape index (κ1) is 36.1. The zero-order valence-corrected chi connectivity index (χ0v) is 29.7. The van der Waals surface area contributed by atoms with E-state index in [-0.39, 0.29) is 36.8 Å². The monoisotopic (exact) mass is 719 g/mol. The molecule has 15 heteroatoms. The van der Waals surface area contributed by atoms with Crippen LogP contribution in [0.5, 0.6) is 0 Å². The number of Topliss-reactive ketones (excluding diaryl/α,β-unsaturated/α-hetero) is 2. The molecule has 1 saturated heterocycles. The predicted octanol–water partition coefficient (Wildman–Crippen LogP) is 2.24. The maximum absolute atomic E-state index is 14.6. The summed E-state index contributed by atoms with van der Waals surface area (Å²) >= 11 is 6.24. The fraction of sp³-hybridized carbons (Fsp3) is 0.528. The Morgan fingerprint density at radius 2 is 1.82 bits per heavy atom. The van der Waals surface area contributed by atoms with Crippen molar-refractivity contribution in [2.75, 3.05) is 13.6 Å². The zero-order valence-electron chi connectivity index (χ0n) is 29.0. The average molecular weight is 720 g/mol. The van der Waals surface area contributed by atoms with E-state index in [9.17, 15) is 28.8 Å². The van der Waals surface area contributed by atoms with Gasteiger partial charge in [-0.15, -0.1) is 0 Å². The Hall–Kier alpha value is -4.72. The van der Waals surface area contributed by atoms with Crippen molar-refractivity contribution in [1.82, 2.24) is 30.8 Å². The lowest BCUT2D eigenvalue weighted by molar-refractivity contribution is -0.145. The molecule has 4 aliphatic rings. The number of carbonyl (C=O) groups is 6. The second-order valence-electron chi connectivity index (χ2n) is 15.1. The van der Waals surface area contributed by atoms with Gasteiger partial charge in [0, 0.05) is 54.7 Å². The van der Waals surface area contributed by atoms with Gasteiger partial charge in [-0.05, 0) is 36.3 Å². The summed E-state index contributed by atoms with van der Waals surface area (Å²) in [5.41, 5.74) is -0.390. The van der Waals surface area contributed by atoms with E-state index in [4.69, 9.17) is 16.4 Å². The lowest BCUT2D eigenvalue weighted by Gasteiger charge is -2.35. The number of oxime groups is 1. The molecule has 1 spiro atoms. The summed E-state index contributed by atoms with van der Waals surface area (Å²) in [6, 6.07) is 3.85. The van der Waals surface area contributed by atoms with Crippen molar-refractivity contribution in [3.05, 3.63) is 59.1 Å². The van der Waals surface area contributed by atoms with Crippen molar-refractivity contribution in [3.8, 4) is 0 Å². The number of carbonyl (C=O) groups excluding carboxylic acids is 6. The molecule has 3 fully saturated rings. The van der Waals surface area contributed by atoms with E-state index in [0.29, 0.717) is 23.6 Å². The summed E-state index contributed by atoms with van der Waals surface area (Å²) in [4.78, 5) is 96.1. The van der Waals surface area contributed by atoms with E-state index in [0.717, 1.165) is 18.4 Å². The second-order valence-corrected chi connectivity index (χ2v) is 15.5. The molecule has 1 aromatic heterocycles. The standard InChI is InChI=1S/C36H42ClN7O7/c1-35(2,3)30(42-31(47)23-14-22(23)28(45)26-17-39-10-11-40-26)34(50)44-18-36(15-25(43-51-36)20-6-5-7-21(37)13-20)16-27(44)32(48)41-24(12-19-8-9-19)29(46)33(49)38-4/h5-7,10-11,13,17,19,22-24,27,30H,8-9,12,14-16,18H2,1-4H3,(H,38,49)(H,41,48)(H,42,47)/t22-,23-,24+,27+,30-,36-/m1/s1. The molecular weight excluding hydrogens is 678 g/mol. The number of hydrogen-bond donors (Lipinski definition) is 3. The summed E-state index contributed by atoms with van der Waals surface area (Å²) in [5, 5.41) is 12.9. The molecule has 3 heterocycles. The van der Waals surface area contributed by atoms with Crippen LogP contribution in [0.15, 0.2) is 48.0 Å². The number of benzene rings is 1. The number of halogens is 1. The van der Waals surface area contributed by atoms with Gasteiger partial charge < -0.3 is 25.7 Å². The van der Waals surface area contributed by atoms with Crippen LogP contribution in [-0.2, 0) is 28.8 Å². The molecule has 2 saturated carbocycles. The van der Waals surface area contributed by atoms with E-state index in [1.165, 1.54) is 30.5 Å². The van der Waals surface area contributed by atoms with E-state index >= 15 is 0 Å². The van der Waals surface area contributed by atoms with Crippen LogP contribution < -0.4 is 16.0 Å². The molecular formula is C36H42ClN7O7. The first-order chi connectivity index (χ1) is 24.2. The van der Waals surface area contributed by atoms with Crippen LogP contribution in [-0.4, -0.2) is 93.1 Å². The van der Waals surface area contributed by atoms with Crippen molar-refractivity contribution < 1.29 is 33.6 Å². The van der Waals surface area contributed by atoms with Crippen molar-refractivity contribution in [1.29, 1.82) is 0 Å². The summed E-state index contributed by atoms with van der Waals surface area (Å²) in [5.74, 6) is -4.49.